The molecular formula is C24H23N3O2. The number of nitrogens with zero attached hydrogens (tertiary/aromatic N) is 2. The Hall–Kier alpha value is -3.65. The molecule has 1 heterocycles. The van der Waals surface area contributed by atoms with Gasteiger partial charge in [-0.2, -0.15) is 0 Å². The minimum absolute atomic E-state index is 0.198. The van der Waals surface area contributed by atoms with Crippen LogP contribution in [0.5, 0.6) is 0 Å². The average Bonchev–Trinajstić information content (AvgIpc) is 2.78. The Morgan fingerprint density at radius 1 is 1.00 bits per heavy atom. The molecule has 0 unspecified atom stereocenters. The maximum atomic E-state index is 12.4. The summed E-state index contributed by atoms with van der Waals surface area (Å²) < 4.78 is 5.30. The van der Waals surface area contributed by atoms with Crippen LogP contribution in [0, 0.1) is 11.8 Å². The van der Waals surface area contributed by atoms with Crippen molar-refractivity contribution in [3.63, 3.8) is 0 Å². The van der Waals surface area contributed by atoms with Crippen molar-refractivity contribution in [2.75, 3.05) is 11.9 Å². The van der Waals surface area contributed by atoms with Crippen LogP contribution >= 0.6 is 0 Å². The van der Waals surface area contributed by atoms with Gasteiger partial charge in [0.25, 0.3) is 0 Å². The van der Waals surface area contributed by atoms with Gasteiger partial charge < -0.3 is 10.1 Å². The molecule has 0 atom stereocenters. The van der Waals surface area contributed by atoms with E-state index in [1.54, 1.807) is 6.07 Å². The molecule has 0 aliphatic carbocycles. The first-order valence-corrected chi connectivity index (χ1v) is 9.65. The van der Waals surface area contributed by atoms with E-state index in [1.165, 1.54) is 0 Å². The summed E-state index contributed by atoms with van der Waals surface area (Å²) in [6, 6.07) is 21.1. The normalized spacial score (nSPS) is 9.97. The molecule has 1 N–H and O–H groups in total. The molecule has 146 valence electrons. The van der Waals surface area contributed by atoms with Crippen LogP contribution in [-0.2, 0) is 11.3 Å². The Morgan fingerprint density at radius 2 is 1.72 bits per heavy atom. The number of rotatable bonds is 7. The highest BCUT2D eigenvalue weighted by Crippen LogP contribution is 2.10. The van der Waals surface area contributed by atoms with Crippen molar-refractivity contribution >= 4 is 11.9 Å². The lowest BCUT2D eigenvalue weighted by molar-refractivity contribution is 0.0492. The van der Waals surface area contributed by atoms with Crippen molar-refractivity contribution < 1.29 is 9.53 Å². The zero-order chi connectivity index (χ0) is 20.3. The molecule has 0 fully saturated rings. The van der Waals surface area contributed by atoms with Crippen LogP contribution in [0.3, 0.4) is 0 Å². The fourth-order valence-electron chi connectivity index (χ4n) is 2.51. The van der Waals surface area contributed by atoms with Crippen LogP contribution in [0.2, 0.25) is 0 Å². The number of unbranched alkanes of at least 4 members (excludes halogenated alkanes) is 1. The van der Waals surface area contributed by atoms with E-state index in [2.05, 4.69) is 27.1 Å². The number of aromatic nitrogens is 2. The monoisotopic (exact) mass is 385 g/mol. The Kier molecular flexibility index (Phi) is 7.36. The zero-order valence-electron chi connectivity index (χ0n) is 16.4. The van der Waals surface area contributed by atoms with Gasteiger partial charge in [-0.15, -0.1) is 0 Å². The van der Waals surface area contributed by atoms with Crippen molar-refractivity contribution in [3.05, 3.63) is 89.2 Å². The molecule has 0 saturated carbocycles. The lowest BCUT2D eigenvalue weighted by Gasteiger charge is -2.08. The number of carbonyl (C=O) groups excluding carboxylic acids is 1. The Morgan fingerprint density at radius 3 is 2.45 bits per heavy atom. The van der Waals surface area contributed by atoms with E-state index in [9.17, 15) is 4.79 Å². The fourth-order valence-corrected chi connectivity index (χ4v) is 2.51. The van der Waals surface area contributed by atoms with Gasteiger partial charge in [0.15, 0.2) is 5.69 Å². The van der Waals surface area contributed by atoms with Crippen LogP contribution in [0.25, 0.3) is 0 Å². The second-order valence-corrected chi connectivity index (χ2v) is 6.41. The number of hydrogen-bond acceptors (Lipinski definition) is 5. The minimum atomic E-state index is -0.466. The standard InChI is InChI=1S/C24H23N3O2/c1-2-3-16-29-23(28)22-17-21(15-14-19-10-6-4-7-11-19)26-24(27-22)25-18-20-12-8-5-9-13-20/h4-13,17H,2-3,16,18H2,1H3,(H,25,26,27). The predicted molar refractivity (Wildman–Crippen MR) is 113 cm³/mol. The highest BCUT2D eigenvalue weighted by Gasteiger charge is 2.13. The van der Waals surface area contributed by atoms with Gasteiger partial charge in [-0.05, 0) is 30.0 Å². The molecule has 0 aliphatic rings. The van der Waals surface area contributed by atoms with Gasteiger partial charge >= 0.3 is 5.97 Å². The second kappa shape index (κ2) is 10.6. The van der Waals surface area contributed by atoms with E-state index >= 15 is 0 Å². The minimum Gasteiger partial charge on any atom is -0.461 e. The molecular weight excluding hydrogens is 362 g/mol. The quantitative estimate of drug-likeness (QED) is 0.370. The fraction of sp³-hybridized carbons (Fsp3) is 0.208. The molecule has 3 aromatic rings. The average molecular weight is 385 g/mol. The number of nitrogens with one attached hydrogen (secondary N) is 1. The number of carbonyl (C=O) groups is 1. The topological polar surface area (TPSA) is 64.1 Å². The van der Waals surface area contributed by atoms with E-state index in [4.69, 9.17) is 4.74 Å². The third kappa shape index (κ3) is 6.47. The molecule has 2 aromatic carbocycles. The molecule has 0 amide bonds. The maximum Gasteiger partial charge on any atom is 0.357 e. The van der Waals surface area contributed by atoms with Crippen LogP contribution < -0.4 is 5.32 Å². The van der Waals surface area contributed by atoms with Gasteiger partial charge in [0.05, 0.1) is 6.61 Å². The number of anilines is 1. The summed E-state index contributed by atoms with van der Waals surface area (Å²) in [5, 5.41) is 3.16. The highest BCUT2D eigenvalue weighted by atomic mass is 16.5. The van der Waals surface area contributed by atoms with Crippen molar-refractivity contribution in [1.82, 2.24) is 9.97 Å². The molecule has 0 saturated heterocycles. The summed E-state index contributed by atoms with van der Waals surface area (Å²) in [7, 11) is 0. The zero-order valence-corrected chi connectivity index (χ0v) is 16.4. The second-order valence-electron chi connectivity index (χ2n) is 6.41. The number of esters is 1. The largest absolute Gasteiger partial charge is 0.461 e. The van der Waals surface area contributed by atoms with Crippen molar-refractivity contribution in [2.24, 2.45) is 0 Å². The molecule has 1 aromatic heterocycles. The van der Waals surface area contributed by atoms with Gasteiger partial charge in [0.2, 0.25) is 5.95 Å². The molecule has 5 nitrogen and oxygen atoms in total. The van der Waals surface area contributed by atoms with Gasteiger partial charge in [0.1, 0.15) is 5.69 Å². The molecule has 29 heavy (non-hydrogen) atoms. The number of hydrogen-bond donors (Lipinski definition) is 1. The Bertz CT molecular complexity index is 993. The van der Waals surface area contributed by atoms with E-state index in [-0.39, 0.29) is 5.69 Å². The van der Waals surface area contributed by atoms with Gasteiger partial charge in [-0.1, -0.05) is 67.8 Å². The first-order valence-electron chi connectivity index (χ1n) is 9.65. The van der Waals surface area contributed by atoms with Crippen molar-refractivity contribution in [2.45, 2.75) is 26.3 Å². The lowest BCUT2D eigenvalue weighted by Crippen LogP contribution is -2.12. The molecule has 0 aliphatic heterocycles. The van der Waals surface area contributed by atoms with Crippen LogP contribution in [-0.4, -0.2) is 22.5 Å². The van der Waals surface area contributed by atoms with Crippen LogP contribution in [0.1, 0.15) is 47.1 Å². The first-order chi connectivity index (χ1) is 14.2. The SMILES string of the molecule is CCCCOC(=O)c1cc(C#Cc2ccccc2)nc(NCc2ccccc2)n1. The summed E-state index contributed by atoms with van der Waals surface area (Å²) in [4.78, 5) is 21.1. The summed E-state index contributed by atoms with van der Waals surface area (Å²) in [6.45, 7) is 2.96. The van der Waals surface area contributed by atoms with Crippen molar-refractivity contribution in [1.29, 1.82) is 0 Å². The Balaban J connectivity index is 1.83. The Labute approximate surface area is 171 Å². The van der Waals surface area contributed by atoms with E-state index < -0.39 is 5.97 Å². The molecule has 3 rings (SSSR count). The summed E-state index contributed by atoms with van der Waals surface area (Å²) in [6.07, 6.45) is 1.77. The molecule has 5 heteroatoms. The van der Waals surface area contributed by atoms with Gasteiger partial charge in [-0.25, -0.2) is 14.8 Å². The van der Waals surface area contributed by atoms with Gasteiger partial charge in [-0.3, -0.25) is 0 Å². The van der Waals surface area contributed by atoms with Crippen LogP contribution in [0.4, 0.5) is 5.95 Å². The van der Waals surface area contributed by atoms with Crippen molar-refractivity contribution in [3.8, 4) is 11.8 Å². The third-order valence-electron chi connectivity index (χ3n) is 4.07. The highest BCUT2D eigenvalue weighted by molar-refractivity contribution is 5.87. The van der Waals surface area contributed by atoms with E-state index in [1.807, 2.05) is 67.6 Å². The third-order valence-corrected chi connectivity index (χ3v) is 4.07. The smallest absolute Gasteiger partial charge is 0.357 e. The molecule has 0 radical (unpaired) electrons. The van der Waals surface area contributed by atoms with Crippen LogP contribution in [0.15, 0.2) is 66.7 Å². The summed E-state index contributed by atoms with van der Waals surface area (Å²) in [5.41, 5.74) is 2.62. The number of ether oxygens (including phenoxy) is 1. The number of benzene rings is 2. The van der Waals surface area contributed by atoms with E-state index in [0.717, 1.165) is 24.0 Å². The predicted octanol–water partition coefficient (Wildman–Crippen LogP) is 4.45. The summed E-state index contributed by atoms with van der Waals surface area (Å²) in [5.74, 6) is 5.95. The molecule has 0 bridgehead atoms. The first kappa shape index (κ1) is 20.1. The summed E-state index contributed by atoms with van der Waals surface area (Å²) >= 11 is 0. The molecule has 0 spiro atoms. The van der Waals surface area contributed by atoms with E-state index in [0.29, 0.717) is 24.8 Å². The lowest BCUT2D eigenvalue weighted by atomic mass is 10.2. The van der Waals surface area contributed by atoms with Gasteiger partial charge in [0, 0.05) is 18.2 Å². The maximum absolute atomic E-state index is 12.4.